The molecule has 132 valence electrons. The molecule has 2 aromatic rings. The quantitative estimate of drug-likeness (QED) is 0.818. The number of ether oxygens (including phenoxy) is 1. The SMILES string of the molecule is COC(=O)C(Cc1ccc(F)cc1)NC(=O)Nc1cc(C)cc(C)c1. The normalized spacial score (nSPS) is 11.5. The highest BCUT2D eigenvalue weighted by Crippen LogP contribution is 2.14. The molecule has 0 spiro atoms. The van der Waals surface area contributed by atoms with Crippen molar-refractivity contribution >= 4 is 17.7 Å². The van der Waals surface area contributed by atoms with E-state index in [0.29, 0.717) is 11.3 Å². The van der Waals surface area contributed by atoms with E-state index in [9.17, 15) is 14.0 Å². The molecule has 0 aliphatic rings. The molecule has 2 aromatic carbocycles. The molecule has 2 rings (SSSR count). The zero-order valence-electron chi connectivity index (χ0n) is 14.4. The molecule has 0 aliphatic heterocycles. The third-order valence-corrected chi connectivity index (χ3v) is 3.62. The van der Waals surface area contributed by atoms with Crippen LogP contribution in [0.5, 0.6) is 0 Å². The number of methoxy groups -OCH3 is 1. The fraction of sp³-hybridized carbons (Fsp3) is 0.263. The maximum Gasteiger partial charge on any atom is 0.328 e. The molecule has 0 aromatic heterocycles. The predicted octanol–water partition coefficient (Wildman–Crippen LogP) is 3.35. The summed E-state index contributed by atoms with van der Waals surface area (Å²) in [6.45, 7) is 3.86. The van der Waals surface area contributed by atoms with Crippen LogP contribution in [0.25, 0.3) is 0 Å². The van der Waals surface area contributed by atoms with E-state index in [-0.39, 0.29) is 12.2 Å². The second-order valence-electron chi connectivity index (χ2n) is 5.88. The van der Waals surface area contributed by atoms with Gasteiger partial charge in [0.2, 0.25) is 0 Å². The van der Waals surface area contributed by atoms with E-state index in [1.54, 1.807) is 12.1 Å². The lowest BCUT2D eigenvalue weighted by Crippen LogP contribution is -2.45. The summed E-state index contributed by atoms with van der Waals surface area (Å²) in [4.78, 5) is 24.2. The number of esters is 1. The van der Waals surface area contributed by atoms with E-state index in [4.69, 9.17) is 4.74 Å². The molecule has 5 nitrogen and oxygen atoms in total. The highest BCUT2D eigenvalue weighted by atomic mass is 19.1. The molecule has 1 atom stereocenters. The third kappa shape index (κ3) is 5.60. The number of hydrogen-bond donors (Lipinski definition) is 2. The molecule has 6 heteroatoms. The number of anilines is 1. The Balaban J connectivity index is 2.06. The molecule has 2 N–H and O–H groups in total. The summed E-state index contributed by atoms with van der Waals surface area (Å²) in [5, 5.41) is 5.31. The Morgan fingerprint density at radius 1 is 1.08 bits per heavy atom. The van der Waals surface area contributed by atoms with Gasteiger partial charge in [0.1, 0.15) is 11.9 Å². The van der Waals surface area contributed by atoms with Gasteiger partial charge in [-0.05, 0) is 54.8 Å². The van der Waals surface area contributed by atoms with Crippen molar-refractivity contribution in [3.8, 4) is 0 Å². The number of halogens is 1. The first-order valence-electron chi connectivity index (χ1n) is 7.85. The molecule has 0 saturated carbocycles. The van der Waals surface area contributed by atoms with Gasteiger partial charge in [0, 0.05) is 12.1 Å². The summed E-state index contributed by atoms with van der Waals surface area (Å²) < 4.78 is 17.7. The lowest BCUT2D eigenvalue weighted by Gasteiger charge is -2.17. The Morgan fingerprint density at radius 3 is 2.24 bits per heavy atom. The maximum absolute atomic E-state index is 13.0. The van der Waals surface area contributed by atoms with Gasteiger partial charge in [0.25, 0.3) is 0 Å². The number of urea groups is 1. The predicted molar refractivity (Wildman–Crippen MR) is 94.0 cm³/mol. The van der Waals surface area contributed by atoms with Gasteiger partial charge >= 0.3 is 12.0 Å². The van der Waals surface area contributed by atoms with E-state index in [2.05, 4.69) is 10.6 Å². The van der Waals surface area contributed by atoms with Crippen LogP contribution in [-0.2, 0) is 16.0 Å². The second kappa shape index (κ2) is 8.28. The molecule has 2 amide bonds. The van der Waals surface area contributed by atoms with E-state index < -0.39 is 18.0 Å². The van der Waals surface area contributed by atoms with Gasteiger partial charge in [-0.25, -0.2) is 14.0 Å². The number of amides is 2. The van der Waals surface area contributed by atoms with Crippen molar-refractivity contribution in [1.29, 1.82) is 0 Å². The average molecular weight is 344 g/mol. The summed E-state index contributed by atoms with van der Waals surface area (Å²) >= 11 is 0. The van der Waals surface area contributed by atoms with Crippen LogP contribution in [0.15, 0.2) is 42.5 Å². The molecule has 0 aliphatic carbocycles. The number of hydrogen-bond acceptors (Lipinski definition) is 3. The van der Waals surface area contributed by atoms with Gasteiger partial charge in [-0.15, -0.1) is 0 Å². The van der Waals surface area contributed by atoms with Crippen molar-refractivity contribution in [2.45, 2.75) is 26.3 Å². The van der Waals surface area contributed by atoms with Gasteiger partial charge in [-0.2, -0.15) is 0 Å². The number of rotatable bonds is 5. The van der Waals surface area contributed by atoms with Crippen LogP contribution in [0, 0.1) is 19.7 Å². The van der Waals surface area contributed by atoms with Crippen LogP contribution >= 0.6 is 0 Å². The number of benzene rings is 2. The van der Waals surface area contributed by atoms with E-state index in [1.807, 2.05) is 32.0 Å². The molecule has 0 saturated heterocycles. The lowest BCUT2D eigenvalue weighted by molar-refractivity contribution is -0.142. The fourth-order valence-electron chi connectivity index (χ4n) is 2.56. The van der Waals surface area contributed by atoms with Crippen LogP contribution in [-0.4, -0.2) is 25.2 Å². The Morgan fingerprint density at radius 2 is 1.68 bits per heavy atom. The molecule has 0 heterocycles. The maximum atomic E-state index is 13.0. The van der Waals surface area contributed by atoms with Crippen molar-refractivity contribution in [2.24, 2.45) is 0 Å². The van der Waals surface area contributed by atoms with Gasteiger partial charge in [-0.3, -0.25) is 0 Å². The number of aryl methyl sites for hydroxylation is 2. The Bertz CT molecular complexity index is 740. The Labute approximate surface area is 146 Å². The zero-order chi connectivity index (χ0) is 18.4. The van der Waals surface area contributed by atoms with Crippen molar-refractivity contribution in [2.75, 3.05) is 12.4 Å². The van der Waals surface area contributed by atoms with Gasteiger partial charge < -0.3 is 15.4 Å². The van der Waals surface area contributed by atoms with Gasteiger partial charge in [0.05, 0.1) is 7.11 Å². The highest BCUT2D eigenvalue weighted by molar-refractivity contribution is 5.92. The minimum absolute atomic E-state index is 0.202. The van der Waals surface area contributed by atoms with Crippen LogP contribution in [0.4, 0.5) is 14.9 Å². The fourth-order valence-corrected chi connectivity index (χ4v) is 2.56. The molecule has 25 heavy (non-hydrogen) atoms. The first-order valence-corrected chi connectivity index (χ1v) is 7.85. The van der Waals surface area contributed by atoms with Crippen molar-refractivity contribution in [3.05, 3.63) is 65.0 Å². The molecule has 0 bridgehead atoms. The smallest absolute Gasteiger partial charge is 0.328 e. The third-order valence-electron chi connectivity index (χ3n) is 3.62. The summed E-state index contributed by atoms with van der Waals surface area (Å²) in [5.74, 6) is -0.932. The first kappa shape index (κ1) is 18.4. The number of carbonyl (C=O) groups excluding carboxylic acids is 2. The molecule has 0 fully saturated rings. The number of nitrogens with one attached hydrogen (secondary N) is 2. The molecule has 1 unspecified atom stereocenters. The van der Waals surface area contributed by atoms with Crippen LogP contribution in [0.2, 0.25) is 0 Å². The minimum atomic E-state index is -0.874. The highest BCUT2D eigenvalue weighted by Gasteiger charge is 2.22. The van der Waals surface area contributed by atoms with Crippen molar-refractivity contribution in [3.63, 3.8) is 0 Å². The van der Waals surface area contributed by atoms with Gasteiger partial charge in [-0.1, -0.05) is 18.2 Å². The summed E-state index contributed by atoms with van der Waals surface area (Å²) in [5.41, 5.74) is 3.39. The van der Waals surface area contributed by atoms with Crippen LogP contribution in [0.3, 0.4) is 0 Å². The summed E-state index contributed by atoms with van der Waals surface area (Å²) in [7, 11) is 1.25. The van der Waals surface area contributed by atoms with Crippen molar-refractivity contribution in [1.82, 2.24) is 5.32 Å². The lowest BCUT2D eigenvalue weighted by atomic mass is 10.1. The van der Waals surface area contributed by atoms with Gasteiger partial charge in [0.15, 0.2) is 0 Å². The Kier molecular flexibility index (Phi) is 6.11. The molecule has 0 radical (unpaired) electrons. The van der Waals surface area contributed by atoms with E-state index in [0.717, 1.165) is 11.1 Å². The van der Waals surface area contributed by atoms with Crippen LogP contribution < -0.4 is 10.6 Å². The largest absolute Gasteiger partial charge is 0.467 e. The second-order valence-corrected chi connectivity index (χ2v) is 5.88. The summed E-state index contributed by atoms with van der Waals surface area (Å²) in [6.07, 6.45) is 0.202. The average Bonchev–Trinajstić information content (AvgIpc) is 2.54. The van der Waals surface area contributed by atoms with E-state index in [1.165, 1.54) is 19.2 Å². The Hall–Kier alpha value is -2.89. The minimum Gasteiger partial charge on any atom is -0.467 e. The monoisotopic (exact) mass is 344 g/mol. The molecular weight excluding hydrogens is 323 g/mol. The molecular formula is C19H21FN2O3. The van der Waals surface area contributed by atoms with Crippen molar-refractivity contribution < 1.29 is 18.7 Å². The first-order chi connectivity index (χ1) is 11.9. The topological polar surface area (TPSA) is 67.4 Å². The number of carbonyl (C=O) groups is 2. The standard InChI is InChI=1S/C19H21FN2O3/c1-12-8-13(2)10-16(9-12)21-19(24)22-17(18(23)25-3)11-14-4-6-15(20)7-5-14/h4-10,17H,11H2,1-3H3,(H2,21,22,24). The van der Waals surface area contributed by atoms with Crippen LogP contribution in [0.1, 0.15) is 16.7 Å². The van der Waals surface area contributed by atoms with E-state index >= 15 is 0 Å². The zero-order valence-corrected chi connectivity index (χ0v) is 14.4. The summed E-state index contributed by atoms with van der Waals surface area (Å²) in [6, 6.07) is 10.0.